The lowest BCUT2D eigenvalue weighted by molar-refractivity contribution is 0.332. The lowest BCUT2D eigenvalue weighted by Gasteiger charge is -2.02. The van der Waals surface area contributed by atoms with Gasteiger partial charge in [-0.2, -0.15) is 0 Å². The summed E-state index contributed by atoms with van der Waals surface area (Å²) >= 11 is 5.40. The molecule has 1 N–H and O–H groups in total. The summed E-state index contributed by atoms with van der Waals surface area (Å²) < 4.78 is 5.73. The molecule has 0 atom stereocenters. The van der Waals surface area contributed by atoms with Gasteiger partial charge in [0.25, 0.3) is 0 Å². The minimum Gasteiger partial charge on any atom is -0.479 e. The molecule has 0 amide bonds. The number of ether oxygens (including phenoxy) is 1. The zero-order valence-corrected chi connectivity index (χ0v) is 12.9. The van der Waals surface area contributed by atoms with Gasteiger partial charge in [-0.25, -0.2) is 4.99 Å². The number of aliphatic imine (C=N–C) groups is 1. The van der Waals surface area contributed by atoms with E-state index in [0.29, 0.717) is 11.6 Å². The van der Waals surface area contributed by atoms with E-state index in [0.717, 1.165) is 39.2 Å². The number of nitrogens with zero attached hydrogens (tertiary/aromatic N) is 1. The Labute approximate surface area is 133 Å². The van der Waals surface area contributed by atoms with Crippen molar-refractivity contribution < 1.29 is 4.74 Å². The second-order valence-electron chi connectivity index (χ2n) is 5.12. The first-order valence-electron chi connectivity index (χ1n) is 7.26. The number of aromatic nitrogens is 1. The molecule has 0 spiro atoms. The average molecular weight is 306 g/mol. The van der Waals surface area contributed by atoms with Crippen LogP contribution in [0.3, 0.4) is 0 Å². The van der Waals surface area contributed by atoms with Crippen LogP contribution in [-0.4, -0.2) is 22.3 Å². The van der Waals surface area contributed by atoms with Gasteiger partial charge >= 0.3 is 0 Å². The van der Waals surface area contributed by atoms with Crippen molar-refractivity contribution in [1.82, 2.24) is 4.98 Å². The highest BCUT2D eigenvalue weighted by molar-refractivity contribution is 7.80. The van der Waals surface area contributed by atoms with E-state index >= 15 is 0 Å². The van der Waals surface area contributed by atoms with Gasteiger partial charge in [0.15, 0.2) is 5.88 Å². The van der Waals surface area contributed by atoms with E-state index < -0.39 is 0 Å². The van der Waals surface area contributed by atoms with Gasteiger partial charge in [0.1, 0.15) is 4.99 Å². The third-order valence-electron chi connectivity index (χ3n) is 3.83. The highest BCUT2D eigenvalue weighted by Crippen LogP contribution is 2.32. The lowest BCUT2D eigenvalue weighted by Crippen LogP contribution is -2.02. The zero-order valence-electron chi connectivity index (χ0n) is 12.1. The van der Waals surface area contributed by atoms with Gasteiger partial charge in [0.2, 0.25) is 0 Å². The Kier molecular flexibility index (Phi) is 3.05. The van der Waals surface area contributed by atoms with Crippen molar-refractivity contribution >= 4 is 33.7 Å². The fraction of sp³-hybridized carbons (Fsp3) is 0.111. The van der Waals surface area contributed by atoms with E-state index in [9.17, 15) is 0 Å². The summed E-state index contributed by atoms with van der Waals surface area (Å²) in [6, 6.07) is 16.2. The summed E-state index contributed by atoms with van der Waals surface area (Å²) in [6.45, 7) is 2.60. The van der Waals surface area contributed by atoms with E-state index in [-0.39, 0.29) is 0 Å². The minimum atomic E-state index is 0.616. The molecule has 2 aromatic carbocycles. The normalized spacial score (nSPS) is 13.3. The van der Waals surface area contributed by atoms with Gasteiger partial charge in [-0.15, -0.1) is 0 Å². The molecule has 22 heavy (non-hydrogen) atoms. The van der Waals surface area contributed by atoms with Crippen molar-refractivity contribution in [3.63, 3.8) is 0 Å². The van der Waals surface area contributed by atoms with Crippen molar-refractivity contribution in [3.8, 4) is 5.88 Å². The largest absolute Gasteiger partial charge is 0.479 e. The first-order chi connectivity index (χ1) is 10.8. The third-order valence-corrected chi connectivity index (χ3v) is 4.14. The fourth-order valence-electron chi connectivity index (χ4n) is 2.88. The van der Waals surface area contributed by atoms with Crippen molar-refractivity contribution in [1.29, 1.82) is 0 Å². The van der Waals surface area contributed by atoms with Crippen LogP contribution in [0.2, 0.25) is 0 Å². The molecule has 0 radical (unpaired) electrons. The Morgan fingerprint density at radius 3 is 2.45 bits per heavy atom. The average Bonchev–Trinajstić information content (AvgIpc) is 3.07. The van der Waals surface area contributed by atoms with E-state index in [1.807, 2.05) is 37.3 Å². The molecule has 3 aromatic rings. The van der Waals surface area contributed by atoms with Crippen LogP contribution < -0.4 is 4.74 Å². The number of hydrogen-bond donors (Lipinski definition) is 1. The van der Waals surface area contributed by atoms with Crippen molar-refractivity contribution in [2.75, 3.05) is 6.61 Å². The quantitative estimate of drug-likeness (QED) is 0.740. The number of thiocarbonyl (C=S) groups is 1. The molecule has 0 fully saturated rings. The Morgan fingerprint density at radius 2 is 1.68 bits per heavy atom. The second kappa shape index (κ2) is 5.07. The molecule has 2 heterocycles. The van der Waals surface area contributed by atoms with Crippen molar-refractivity contribution in [3.05, 3.63) is 65.4 Å². The smallest absolute Gasteiger partial charge is 0.199 e. The van der Waals surface area contributed by atoms with Crippen LogP contribution in [0.4, 0.5) is 0 Å². The summed E-state index contributed by atoms with van der Waals surface area (Å²) in [5, 5.41) is 2.17. The Bertz CT molecular complexity index is 924. The number of nitrogens with one attached hydrogen (secondary N) is 1. The van der Waals surface area contributed by atoms with Crippen LogP contribution in [0.5, 0.6) is 5.88 Å². The number of H-pyrrole nitrogens is 1. The van der Waals surface area contributed by atoms with Gasteiger partial charge in [0.05, 0.1) is 18.0 Å². The van der Waals surface area contributed by atoms with Crippen molar-refractivity contribution in [2.24, 2.45) is 4.99 Å². The van der Waals surface area contributed by atoms with Crippen LogP contribution in [0.25, 0.3) is 10.8 Å². The zero-order chi connectivity index (χ0) is 15.1. The van der Waals surface area contributed by atoms with Crippen LogP contribution >= 0.6 is 12.2 Å². The van der Waals surface area contributed by atoms with E-state index in [1.165, 1.54) is 0 Å². The third kappa shape index (κ3) is 1.88. The number of hydrogen-bond acceptors (Lipinski definition) is 2. The molecule has 1 aliphatic heterocycles. The Hall–Kier alpha value is -2.46. The monoisotopic (exact) mass is 306 g/mol. The Morgan fingerprint density at radius 1 is 1.00 bits per heavy atom. The number of fused-ring (bicyclic) bond motifs is 2. The molecule has 4 heteroatoms. The molecule has 1 aromatic heterocycles. The molecule has 0 saturated heterocycles. The highest BCUT2D eigenvalue weighted by Gasteiger charge is 2.24. The molecular formula is C18H14N2OS. The summed E-state index contributed by atoms with van der Waals surface area (Å²) in [4.78, 5) is 8.63. The number of aromatic amines is 1. The van der Waals surface area contributed by atoms with Crippen LogP contribution in [-0.2, 0) is 0 Å². The molecule has 0 aliphatic carbocycles. The van der Waals surface area contributed by atoms with Gasteiger partial charge in [-0.1, -0.05) is 54.7 Å². The number of rotatable bonds is 3. The standard InChI is InChI=1S/C18H14N2OS/c1-2-21-17-13-9-5-3-7-11(13)15(19-17)16-12-8-4-6-10-14(12)18(22)20-16/h3-10,19H,2H2,1H3. The predicted octanol–water partition coefficient (Wildman–Crippen LogP) is 4.09. The fourth-order valence-corrected chi connectivity index (χ4v) is 3.15. The molecule has 1 aliphatic rings. The summed E-state index contributed by atoms with van der Waals surface area (Å²) in [5.41, 5.74) is 3.95. The molecule has 0 unspecified atom stereocenters. The summed E-state index contributed by atoms with van der Waals surface area (Å²) in [6.07, 6.45) is 0. The van der Waals surface area contributed by atoms with Crippen molar-refractivity contribution in [2.45, 2.75) is 6.92 Å². The van der Waals surface area contributed by atoms with Gasteiger partial charge < -0.3 is 9.72 Å². The van der Waals surface area contributed by atoms with Crippen LogP contribution in [0.15, 0.2) is 53.5 Å². The molecule has 4 rings (SSSR count). The first-order valence-corrected chi connectivity index (χ1v) is 7.66. The highest BCUT2D eigenvalue weighted by atomic mass is 32.1. The first kappa shape index (κ1) is 13.2. The minimum absolute atomic E-state index is 0.616. The van der Waals surface area contributed by atoms with Gasteiger partial charge in [-0.05, 0) is 13.0 Å². The summed E-state index contributed by atoms with van der Waals surface area (Å²) in [5.74, 6) is 0.783. The van der Waals surface area contributed by atoms with E-state index in [1.54, 1.807) is 0 Å². The maximum Gasteiger partial charge on any atom is 0.199 e. The molecule has 0 bridgehead atoms. The molecule has 3 nitrogen and oxygen atoms in total. The molecule has 0 saturated carbocycles. The van der Waals surface area contributed by atoms with Gasteiger partial charge in [-0.3, -0.25) is 0 Å². The van der Waals surface area contributed by atoms with Crippen LogP contribution in [0.1, 0.15) is 23.7 Å². The topological polar surface area (TPSA) is 37.4 Å². The van der Waals surface area contributed by atoms with Crippen LogP contribution in [0, 0.1) is 0 Å². The van der Waals surface area contributed by atoms with E-state index in [2.05, 4.69) is 28.2 Å². The van der Waals surface area contributed by atoms with E-state index in [4.69, 9.17) is 17.0 Å². The maximum atomic E-state index is 5.73. The Balaban J connectivity index is 1.96. The predicted molar refractivity (Wildman–Crippen MR) is 93.2 cm³/mol. The maximum absolute atomic E-state index is 5.73. The molecule has 108 valence electrons. The number of benzene rings is 2. The lowest BCUT2D eigenvalue weighted by atomic mass is 10.0. The molecular weight excluding hydrogens is 292 g/mol. The summed E-state index contributed by atoms with van der Waals surface area (Å²) in [7, 11) is 0. The van der Waals surface area contributed by atoms with Gasteiger partial charge in [0, 0.05) is 21.9 Å². The second-order valence-corrected chi connectivity index (χ2v) is 5.51. The SMILES string of the molecule is CCOc1[nH]c(C2=NC(=S)c3ccccc32)c2ccccc12.